The molecule has 4 heteroatoms. The number of methoxy groups -OCH3 is 1. The van der Waals surface area contributed by atoms with Gasteiger partial charge >= 0.3 is 0 Å². The zero-order valence-electron chi connectivity index (χ0n) is 10.4. The minimum atomic E-state index is 0.0107. The van der Waals surface area contributed by atoms with Crippen LogP contribution < -0.4 is 10.5 Å². The average molecular weight is 235 g/mol. The summed E-state index contributed by atoms with van der Waals surface area (Å²) in [7, 11) is 1.59. The summed E-state index contributed by atoms with van der Waals surface area (Å²) in [5.41, 5.74) is 7.05. The standard InChI is InChI=1S/C13H21N3O/c1-17-13-8-7-12(15-16-13)11(14)9-10-5-3-2-4-6-10/h7-8,10-11H,2-6,9,14H2,1H3. The second-order valence-corrected chi connectivity index (χ2v) is 4.85. The quantitative estimate of drug-likeness (QED) is 0.870. The largest absolute Gasteiger partial charge is 0.480 e. The van der Waals surface area contributed by atoms with Crippen LogP contribution in [0.15, 0.2) is 12.1 Å². The fraction of sp³-hybridized carbons (Fsp3) is 0.692. The highest BCUT2D eigenvalue weighted by atomic mass is 16.5. The lowest BCUT2D eigenvalue weighted by Crippen LogP contribution is -2.18. The maximum atomic E-state index is 6.17. The van der Waals surface area contributed by atoms with E-state index in [0.717, 1.165) is 18.0 Å². The van der Waals surface area contributed by atoms with E-state index >= 15 is 0 Å². The first-order valence-corrected chi connectivity index (χ1v) is 6.43. The van der Waals surface area contributed by atoms with E-state index < -0.39 is 0 Å². The molecule has 0 saturated heterocycles. The van der Waals surface area contributed by atoms with Crippen molar-refractivity contribution >= 4 is 0 Å². The first-order valence-electron chi connectivity index (χ1n) is 6.43. The Kier molecular flexibility index (Phi) is 4.31. The highest BCUT2D eigenvalue weighted by Crippen LogP contribution is 2.30. The van der Waals surface area contributed by atoms with E-state index in [2.05, 4.69) is 10.2 Å². The Bertz CT molecular complexity index is 333. The highest BCUT2D eigenvalue weighted by Gasteiger charge is 2.18. The molecule has 17 heavy (non-hydrogen) atoms. The van der Waals surface area contributed by atoms with Gasteiger partial charge in [-0.05, 0) is 18.4 Å². The van der Waals surface area contributed by atoms with Gasteiger partial charge in [-0.15, -0.1) is 5.10 Å². The number of ether oxygens (including phenoxy) is 1. The van der Waals surface area contributed by atoms with Crippen molar-refractivity contribution in [3.63, 3.8) is 0 Å². The van der Waals surface area contributed by atoms with Crippen LogP contribution in [0.2, 0.25) is 0 Å². The second kappa shape index (κ2) is 5.96. The summed E-state index contributed by atoms with van der Waals surface area (Å²) in [4.78, 5) is 0. The van der Waals surface area contributed by atoms with Crippen LogP contribution in [0, 0.1) is 5.92 Å². The lowest BCUT2D eigenvalue weighted by Gasteiger charge is -2.24. The number of nitrogens with zero attached hydrogens (tertiary/aromatic N) is 2. The molecule has 4 nitrogen and oxygen atoms in total. The van der Waals surface area contributed by atoms with E-state index in [1.165, 1.54) is 32.1 Å². The Balaban J connectivity index is 1.91. The normalized spacial score (nSPS) is 18.9. The van der Waals surface area contributed by atoms with Gasteiger partial charge in [-0.1, -0.05) is 32.1 Å². The molecule has 0 bridgehead atoms. The number of hydrogen-bond acceptors (Lipinski definition) is 4. The monoisotopic (exact) mass is 235 g/mol. The minimum Gasteiger partial charge on any atom is -0.480 e. The molecule has 1 aliphatic rings. The molecule has 0 aliphatic heterocycles. The van der Waals surface area contributed by atoms with Crippen LogP contribution in [0.3, 0.4) is 0 Å². The molecule has 0 aromatic carbocycles. The van der Waals surface area contributed by atoms with E-state index in [-0.39, 0.29) is 6.04 Å². The SMILES string of the molecule is COc1ccc(C(N)CC2CCCCC2)nn1. The fourth-order valence-corrected chi connectivity index (χ4v) is 2.54. The molecular formula is C13H21N3O. The number of hydrogen-bond donors (Lipinski definition) is 1. The minimum absolute atomic E-state index is 0.0107. The maximum Gasteiger partial charge on any atom is 0.233 e. The van der Waals surface area contributed by atoms with E-state index in [1.807, 2.05) is 12.1 Å². The molecule has 1 aromatic heterocycles. The Morgan fingerprint density at radius 3 is 2.65 bits per heavy atom. The van der Waals surface area contributed by atoms with E-state index in [9.17, 15) is 0 Å². The summed E-state index contributed by atoms with van der Waals surface area (Å²) in [6, 6.07) is 3.75. The third kappa shape index (κ3) is 3.40. The number of aromatic nitrogens is 2. The summed E-state index contributed by atoms with van der Waals surface area (Å²) in [6.07, 6.45) is 7.75. The summed E-state index contributed by atoms with van der Waals surface area (Å²) in [5, 5.41) is 8.07. The van der Waals surface area contributed by atoms with Crippen molar-refractivity contribution in [2.45, 2.75) is 44.6 Å². The van der Waals surface area contributed by atoms with Gasteiger partial charge in [0.15, 0.2) is 0 Å². The van der Waals surface area contributed by atoms with Gasteiger partial charge in [-0.3, -0.25) is 0 Å². The molecule has 94 valence electrons. The molecular weight excluding hydrogens is 214 g/mol. The maximum absolute atomic E-state index is 6.17. The van der Waals surface area contributed by atoms with Crippen LogP contribution in [0.25, 0.3) is 0 Å². The zero-order chi connectivity index (χ0) is 12.1. The molecule has 1 aliphatic carbocycles. The molecule has 0 amide bonds. The lowest BCUT2D eigenvalue weighted by atomic mass is 9.84. The van der Waals surface area contributed by atoms with Gasteiger partial charge in [0, 0.05) is 12.1 Å². The Hall–Kier alpha value is -1.16. The van der Waals surface area contributed by atoms with Gasteiger partial charge < -0.3 is 10.5 Å². The Morgan fingerprint density at radius 2 is 2.06 bits per heavy atom. The summed E-state index contributed by atoms with van der Waals surface area (Å²) < 4.78 is 4.98. The molecule has 1 atom stereocenters. The lowest BCUT2D eigenvalue weighted by molar-refractivity contribution is 0.316. The number of nitrogens with two attached hydrogens (primary N) is 1. The molecule has 1 fully saturated rings. The van der Waals surface area contributed by atoms with Crippen LogP contribution in [0.4, 0.5) is 0 Å². The number of rotatable bonds is 4. The van der Waals surface area contributed by atoms with Crippen molar-refractivity contribution in [1.82, 2.24) is 10.2 Å². The Labute approximate surface area is 103 Å². The van der Waals surface area contributed by atoms with Crippen molar-refractivity contribution in [2.24, 2.45) is 11.7 Å². The molecule has 1 heterocycles. The van der Waals surface area contributed by atoms with Gasteiger partial charge in [0.1, 0.15) is 0 Å². The Morgan fingerprint density at radius 1 is 1.29 bits per heavy atom. The van der Waals surface area contributed by atoms with Crippen molar-refractivity contribution in [1.29, 1.82) is 0 Å². The molecule has 1 aromatic rings. The van der Waals surface area contributed by atoms with Crippen molar-refractivity contribution in [2.75, 3.05) is 7.11 Å². The van der Waals surface area contributed by atoms with Gasteiger partial charge in [-0.2, -0.15) is 5.10 Å². The van der Waals surface area contributed by atoms with Crippen LogP contribution in [0.1, 0.15) is 50.3 Å². The molecule has 2 N–H and O–H groups in total. The summed E-state index contributed by atoms with van der Waals surface area (Å²) in [5.74, 6) is 1.31. The molecule has 1 unspecified atom stereocenters. The fourth-order valence-electron chi connectivity index (χ4n) is 2.54. The van der Waals surface area contributed by atoms with Crippen LogP contribution in [-0.2, 0) is 0 Å². The van der Waals surface area contributed by atoms with Gasteiger partial charge in [0.25, 0.3) is 0 Å². The topological polar surface area (TPSA) is 61.0 Å². The molecule has 2 rings (SSSR count). The molecule has 0 radical (unpaired) electrons. The molecule has 0 spiro atoms. The predicted octanol–water partition coefficient (Wildman–Crippen LogP) is 2.46. The second-order valence-electron chi connectivity index (χ2n) is 4.85. The van der Waals surface area contributed by atoms with Crippen LogP contribution in [0.5, 0.6) is 5.88 Å². The third-order valence-corrected chi connectivity index (χ3v) is 3.56. The summed E-state index contributed by atoms with van der Waals surface area (Å²) in [6.45, 7) is 0. The first-order chi connectivity index (χ1) is 8.29. The van der Waals surface area contributed by atoms with Crippen molar-refractivity contribution < 1.29 is 4.74 Å². The van der Waals surface area contributed by atoms with Crippen LogP contribution in [-0.4, -0.2) is 17.3 Å². The van der Waals surface area contributed by atoms with E-state index in [0.29, 0.717) is 5.88 Å². The first kappa shape index (κ1) is 12.3. The smallest absolute Gasteiger partial charge is 0.233 e. The highest BCUT2D eigenvalue weighted by molar-refractivity contribution is 5.13. The van der Waals surface area contributed by atoms with Gasteiger partial charge in [0.2, 0.25) is 5.88 Å². The predicted molar refractivity (Wildman–Crippen MR) is 66.7 cm³/mol. The van der Waals surface area contributed by atoms with Crippen molar-refractivity contribution in [3.8, 4) is 5.88 Å². The molecule has 1 saturated carbocycles. The third-order valence-electron chi connectivity index (χ3n) is 3.56. The van der Waals surface area contributed by atoms with E-state index in [1.54, 1.807) is 7.11 Å². The average Bonchev–Trinajstić information content (AvgIpc) is 2.40. The van der Waals surface area contributed by atoms with Crippen molar-refractivity contribution in [3.05, 3.63) is 17.8 Å². The van der Waals surface area contributed by atoms with Gasteiger partial charge in [-0.25, -0.2) is 0 Å². The van der Waals surface area contributed by atoms with Gasteiger partial charge in [0.05, 0.1) is 12.8 Å². The zero-order valence-corrected chi connectivity index (χ0v) is 10.4. The van der Waals surface area contributed by atoms with Crippen LogP contribution >= 0.6 is 0 Å². The summed E-state index contributed by atoms with van der Waals surface area (Å²) >= 11 is 0. The van der Waals surface area contributed by atoms with E-state index in [4.69, 9.17) is 10.5 Å².